The zero-order chi connectivity index (χ0) is 19.1. The number of hydrogen-bond acceptors (Lipinski definition) is 4. The molecule has 1 heterocycles. The average Bonchev–Trinajstić information content (AvgIpc) is 2.61. The molecule has 0 spiro atoms. The minimum Gasteiger partial charge on any atom is -0.352 e. The number of aromatic nitrogens is 2. The molecule has 0 saturated carbocycles. The van der Waals surface area contributed by atoms with Crippen molar-refractivity contribution in [2.24, 2.45) is 0 Å². The first-order chi connectivity index (χ1) is 12.4. The van der Waals surface area contributed by atoms with Crippen LogP contribution in [0.1, 0.15) is 13.3 Å². The van der Waals surface area contributed by atoms with Crippen molar-refractivity contribution in [1.29, 1.82) is 0 Å². The number of para-hydroxylation sites is 1. The average molecular weight is 376 g/mol. The van der Waals surface area contributed by atoms with Crippen LogP contribution in [0.2, 0.25) is 0 Å². The highest BCUT2D eigenvalue weighted by Crippen LogP contribution is 2.22. The maximum absolute atomic E-state index is 12.9. The SMILES string of the molecule is C=CCNC(=O)[C@@H](C)Sc1nc2ccccc2c(=O)n1CCC[NH+](C)C. The minimum atomic E-state index is -0.353. The van der Waals surface area contributed by atoms with Gasteiger partial charge in [0.2, 0.25) is 5.91 Å². The van der Waals surface area contributed by atoms with Gasteiger partial charge in [0.25, 0.3) is 5.56 Å². The Morgan fingerprint density at radius 3 is 2.85 bits per heavy atom. The number of fused-ring (bicyclic) bond motifs is 1. The first-order valence-electron chi connectivity index (χ1n) is 8.78. The number of rotatable bonds is 9. The van der Waals surface area contributed by atoms with E-state index in [2.05, 4.69) is 31.0 Å². The molecule has 0 saturated heterocycles. The fourth-order valence-electron chi connectivity index (χ4n) is 2.55. The molecule has 2 aromatic rings. The Labute approximate surface area is 158 Å². The Morgan fingerprint density at radius 1 is 1.42 bits per heavy atom. The summed E-state index contributed by atoms with van der Waals surface area (Å²) in [6.45, 7) is 7.39. The lowest BCUT2D eigenvalue weighted by Gasteiger charge is -2.16. The van der Waals surface area contributed by atoms with Crippen molar-refractivity contribution in [2.45, 2.75) is 30.3 Å². The number of benzene rings is 1. The summed E-state index contributed by atoms with van der Waals surface area (Å²) in [5, 5.41) is 3.63. The topological polar surface area (TPSA) is 68.4 Å². The van der Waals surface area contributed by atoms with Crippen LogP contribution in [0.3, 0.4) is 0 Å². The number of carbonyl (C=O) groups excluding carboxylic acids is 1. The van der Waals surface area contributed by atoms with Gasteiger partial charge in [0.15, 0.2) is 5.16 Å². The van der Waals surface area contributed by atoms with Crippen LogP contribution in [0.4, 0.5) is 0 Å². The Morgan fingerprint density at radius 2 is 2.15 bits per heavy atom. The van der Waals surface area contributed by atoms with E-state index in [1.807, 2.05) is 25.1 Å². The fourth-order valence-corrected chi connectivity index (χ4v) is 3.51. The molecule has 0 unspecified atom stereocenters. The second kappa shape index (κ2) is 9.54. The number of amides is 1. The summed E-state index contributed by atoms with van der Waals surface area (Å²) in [5.74, 6) is -0.0957. The number of thioether (sulfide) groups is 1. The van der Waals surface area contributed by atoms with Crippen LogP contribution in [0.15, 0.2) is 46.9 Å². The normalized spacial score (nSPS) is 12.3. The molecule has 6 nitrogen and oxygen atoms in total. The van der Waals surface area contributed by atoms with Gasteiger partial charge in [-0.2, -0.15) is 0 Å². The molecule has 26 heavy (non-hydrogen) atoms. The molecule has 7 heteroatoms. The van der Waals surface area contributed by atoms with Gasteiger partial charge in [-0.1, -0.05) is 30.0 Å². The van der Waals surface area contributed by atoms with Crippen molar-refractivity contribution in [3.8, 4) is 0 Å². The maximum Gasteiger partial charge on any atom is 0.262 e. The van der Waals surface area contributed by atoms with Crippen LogP contribution in [-0.2, 0) is 11.3 Å². The molecular weight excluding hydrogens is 348 g/mol. The largest absolute Gasteiger partial charge is 0.352 e. The van der Waals surface area contributed by atoms with E-state index in [1.165, 1.54) is 16.7 Å². The summed E-state index contributed by atoms with van der Waals surface area (Å²) in [6.07, 6.45) is 2.51. The van der Waals surface area contributed by atoms with Crippen molar-refractivity contribution in [3.63, 3.8) is 0 Å². The summed E-state index contributed by atoms with van der Waals surface area (Å²) in [5.41, 5.74) is 0.610. The molecule has 1 aromatic carbocycles. The van der Waals surface area contributed by atoms with Crippen molar-refractivity contribution in [1.82, 2.24) is 14.9 Å². The van der Waals surface area contributed by atoms with Crippen molar-refractivity contribution >= 4 is 28.6 Å². The van der Waals surface area contributed by atoms with E-state index in [0.717, 1.165) is 13.0 Å². The number of nitrogens with zero attached hydrogens (tertiary/aromatic N) is 2. The molecule has 0 aliphatic heterocycles. The van der Waals surface area contributed by atoms with Crippen molar-refractivity contribution in [3.05, 3.63) is 47.3 Å². The lowest BCUT2D eigenvalue weighted by Crippen LogP contribution is -3.05. The van der Waals surface area contributed by atoms with Gasteiger partial charge in [0.05, 0.1) is 36.8 Å². The van der Waals surface area contributed by atoms with Gasteiger partial charge in [0, 0.05) is 19.5 Å². The predicted octanol–water partition coefficient (Wildman–Crippen LogP) is 0.714. The highest BCUT2D eigenvalue weighted by molar-refractivity contribution is 8.00. The Kier molecular flexibility index (Phi) is 7.41. The number of nitrogens with one attached hydrogen (secondary N) is 2. The first kappa shape index (κ1) is 20.2. The number of hydrogen-bond donors (Lipinski definition) is 2. The lowest BCUT2D eigenvalue weighted by atomic mass is 10.2. The van der Waals surface area contributed by atoms with Crippen LogP contribution in [0.25, 0.3) is 10.9 Å². The van der Waals surface area contributed by atoms with Gasteiger partial charge < -0.3 is 10.2 Å². The molecule has 0 aliphatic rings. The summed E-state index contributed by atoms with van der Waals surface area (Å²) in [6, 6.07) is 7.34. The van der Waals surface area contributed by atoms with E-state index in [0.29, 0.717) is 29.1 Å². The van der Waals surface area contributed by atoms with Gasteiger partial charge >= 0.3 is 0 Å². The fraction of sp³-hybridized carbons (Fsp3) is 0.421. The lowest BCUT2D eigenvalue weighted by molar-refractivity contribution is -0.858. The van der Waals surface area contributed by atoms with Gasteiger partial charge in [0.1, 0.15) is 0 Å². The van der Waals surface area contributed by atoms with E-state index in [-0.39, 0.29) is 16.7 Å². The minimum absolute atomic E-state index is 0.0504. The van der Waals surface area contributed by atoms with Gasteiger partial charge in [-0.05, 0) is 19.1 Å². The van der Waals surface area contributed by atoms with Gasteiger partial charge in [-0.25, -0.2) is 4.98 Å². The second-order valence-electron chi connectivity index (χ2n) is 6.47. The molecule has 1 atom stereocenters. The van der Waals surface area contributed by atoms with Crippen LogP contribution >= 0.6 is 11.8 Å². The zero-order valence-electron chi connectivity index (χ0n) is 15.6. The van der Waals surface area contributed by atoms with Gasteiger partial charge in [-0.15, -0.1) is 6.58 Å². The molecule has 0 aliphatic carbocycles. The Bertz CT molecular complexity index is 832. The van der Waals surface area contributed by atoms with Gasteiger partial charge in [-0.3, -0.25) is 14.2 Å². The van der Waals surface area contributed by atoms with E-state index < -0.39 is 0 Å². The van der Waals surface area contributed by atoms with Crippen LogP contribution in [-0.4, -0.2) is 47.9 Å². The molecule has 1 amide bonds. The molecule has 0 bridgehead atoms. The molecule has 1 aromatic heterocycles. The predicted molar refractivity (Wildman–Crippen MR) is 107 cm³/mol. The van der Waals surface area contributed by atoms with Crippen LogP contribution in [0, 0.1) is 0 Å². The molecular formula is C19H27N4O2S+. The third-order valence-corrected chi connectivity index (χ3v) is 5.05. The third kappa shape index (κ3) is 5.19. The van der Waals surface area contributed by atoms with E-state index in [1.54, 1.807) is 16.7 Å². The first-order valence-corrected chi connectivity index (χ1v) is 9.66. The summed E-state index contributed by atoms with van der Waals surface area (Å²) in [7, 11) is 4.17. The summed E-state index contributed by atoms with van der Waals surface area (Å²) in [4.78, 5) is 31.1. The summed E-state index contributed by atoms with van der Waals surface area (Å²) < 4.78 is 1.70. The number of quaternary nitrogens is 1. The molecule has 2 N–H and O–H groups in total. The van der Waals surface area contributed by atoms with Crippen LogP contribution in [0.5, 0.6) is 0 Å². The molecule has 140 valence electrons. The molecule has 0 radical (unpaired) electrons. The third-order valence-electron chi connectivity index (χ3n) is 3.96. The van der Waals surface area contributed by atoms with E-state index >= 15 is 0 Å². The van der Waals surface area contributed by atoms with E-state index in [9.17, 15) is 9.59 Å². The van der Waals surface area contributed by atoms with Crippen molar-refractivity contribution in [2.75, 3.05) is 27.2 Å². The molecule has 2 rings (SSSR count). The van der Waals surface area contributed by atoms with E-state index in [4.69, 9.17) is 0 Å². The smallest absolute Gasteiger partial charge is 0.262 e. The van der Waals surface area contributed by atoms with Crippen molar-refractivity contribution < 1.29 is 9.69 Å². The highest BCUT2D eigenvalue weighted by Gasteiger charge is 2.19. The Balaban J connectivity index is 2.33. The monoisotopic (exact) mass is 375 g/mol. The maximum atomic E-state index is 12.9. The van der Waals surface area contributed by atoms with Crippen LogP contribution < -0.4 is 15.8 Å². The summed E-state index contributed by atoms with van der Waals surface area (Å²) >= 11 is 1.32. The molecule has 0 fully saturated rings. The Hall–Kier alpha value is -2.12. The zero-order valence-corrected chi connectivity index (χ0v) is 16.4. The standard InChI is InChI=1S/C19H26N4O2S/c1-5-11-20-17(24)14(2)26-19-21-16-10-7-6-9-15(16)18(25)23(19)13-8-12-22(3)4/h5-7,9-10,14H,1,8,11-13H2,2-4H3,(H,20,24)/p+1/t14-/m1/s1. The number of carbonyl (C=O) groups is 1. The highest BCUT2D eigenvalue weighted by atomic mass is 32.2. The quantitative estimate of drug-likeness (QED) is 0.385. The second-order valence-corrected chi connectivity index (χ2v) is 7.78.